The maximum atomic E-state index is 11.0. The van der Waals surface area contributed by atoms with Crippen LogP contribution in [-0.4, -0.2) is 38.9 Å². The molecule has 2 unspecified atom stereocenters. The van der Waals surface area contributed by atoms with Gasteiger partial charge in [0, 0.05) is 25.4 Å². The largest absolute Gasteiger partial charge is 0.481 e. The summed E-state index contributed by atoms with van der Waals surface area (Å²) in [6.45, 7) is 2.73. The van der Waals surface area contributed by atoms with Crippen LogP contribution in [0, 0.1) is 5.92 Å². The Labute approximate surface area is 99.0 Å². The standard InChI is InChI=1S/C11H16N4O2/c16-11(17)7-2-4-15-9(5-7)13-14-10(15)8-1-3-12-6-8/h7-8,12H,1-6H2,(H,16,17). The second-order valence-corrected chi connectivity index (χ2v) is 4.84. The van der Waals surface area contributed by atoms with Crippen LogP contribution in [0.15, 0.2) is 0 Å². The molecule has 1 saturated heterocycles. The Kier molecular flexibility index (Phi) is 2.58. The van der Waals surface area contributed by atoms with Crippen LogP contribution in [-0.2, 0) is 17.8 Å². The molecule has 6 nitrogen and oxygen atoms in total. The summed E-state index contributed by atoms with van der Waals surface area (Å²) in [5.74, 6) is 1.31. The topological polar surface area (TPSA) is 80.0 Å². The van der Waals surface area contributed by atoms with E-state index in [1.165, 1.54) is 0 Å². The van der Waals surface area contributed by atoms with Crippen LogP contribution in [0.1, 0.15) is 30.4 Å². The predicted molar refractivity (Wildman–Crippen MR) is 59.7 cm³/mol. The van der Waals surface area contributed by atoms with Crippen molar-refractivity contribution < 1.29 is 9.90 Å². The van der Waals surface area contributed by atoms with E-state index < -0.39 is 5.97 Å². The third-order valence-corrected chi connectivity index (χ3v) is 3.76. The molecule has 1 aromatic heterocycles. The first-order valence-electron chi connectivity index (χ1n) is 6.11. The average molecular weight is 236 g/mol. The van der Waals surface area contributed by atoms with Gasteiger partial charge in [0.1, 0.15) is 11.6 Å². The Morgan fingerprint density at radius 1 is 1.41 bits per heavy atom. The molecule has 17 heavy (non-hydrogen) atoms. The van der Waals surface area contributed by atoms with Gasteiger partial charge in [0.05, 0.1) is 5.92 Å². The third kappa shape index (κ3) is 1.82. The number of fused-ring (bicyclic) bond motifs is 1. The van der Waals surface area contributed by atoms with Crippen molar-refractivity contribution in [2.75, 3.05) is 13.1 Å². The molecule has 0 saturated carbocycles. The summed E-state index contributed by atoms with van der Waals surface area (Å²) in [6.07, 6.45) is 2.30. The fraction of sp³-hybridized carbons (Fsp3) is 0.727. The number of carboxylic acids is 1. The van der Waals surface area contributed by atoms with Crippen LogP contribution in [0.25, 0.3) is 0 Å². The summed E-state index contributed by atoms with van der Waals surface area (Å²) < 4.78 is 2.12. The van der Waals surface area contributed by atoms with Gasteiger partial charge in [-0.3, -0.25) is 4.79 Å². The highest BCUT2D eigenvalue weighted by Crippen LogP contribution is 2.26. The van der Waals surface area contributed by atoms with E-state index in [0.29, 0.717) is 18.8 Å². The second kappa shape index (κ2) is 4.10. The molecule has 2 aliphatic heterocycles. The molecular formula is C11H16N4O2. The number of aliphatic carboxylic acids is 1. The number of rotatable bonds is 2. The Hall–Kier alpha value is -1.43. The van der Waals surface area contributed by atoms with E-state index in [1.807, 2.05) is 0 Å². The van der Waals surface area contributed by atoms with Gasteiger partial charge in [-0.1, -0.05) is 0 Å². The fourth-order valence-electron chi connectivity index (χ4n) is 2.74. The van der Waals surface area contributed by atoms with E-state index in [2.05, 4.69) is 20.1 Å². The van der Waals surface area contributed by atoms with Crippen LogP contribution in [0.4, 0.5) is 0 Å². The second-order valence-electron chi connectivity index (χ2n) is 4.84. The average Bonchev–Trinajstić information content (AvgIpc) is 2.96. The van der Waals surface area contributed by atoms with Crippen LogP contribution >= 0.6 is 0 Å². The molecule has 0 spiro atoms. The Morgan fingerprint density at radius 2 is 2.29 bits per heavy atom. The molecule has 92 valence electrons. The lowest BCUT2D eigenvalue weighted by atomic mass is 9.97. The van der Waals surface area contributed by atoms with Crippen molar-refractivity contribution in [2.24, 2.45) is 5.92 Å². The van der Waals surface area contributed by atoms with Crippen LogP contribution in [0.5, 0.6) is 0 Å². The summed E-state index contributed by atoms with van der Waals surface area (Å²) in [6, 6.07) is 0. The smallest absolute Gasteiger partial charge is 0.307 e. The van der Waals surface area contributed by atoms with Gasteiger partial charge in [-0.2, -0.15) is 0 Å². The highest BCUT2D eigenvalue weighted by atomic mass is 16.4. The minimum atomic E-state index is -0.719. The maximum absolute atomic E-state index is 11.0. The Bertz CT molecular complexity index is 437. The number of aromatic nitrogens is 3. The van der Waals surface area contributed by atoms with Crippen molar-refractivity contribution >= 4 is 5.97 Å². The SMILES string of the molecule is O=C(O)C1CCn2c(nnc2C2CCNC2)C1. The van der Waals surface area contributed by atoms with Gasteiger partial charge in [-0.05, 0) is 19.4 Å². The number of hydrogen-bond donors (Lipinski definition) is 2. The summed E-state index contributed by atoms with van der Waals surface area (Å²) in [5.41, 5.74) is 0. The number of nitrogens with one attached hydrogen (secondary N) is 1. The molecule has 0 aromatic carbocycles. The third-order valence-electron chi connectivity index (χ3n) is 3.76. The van der Waals surface area contributed by atoms with Gasteiger partial charge in [-0.25, -0.2) is 0 Å². The minimum absolute atomic E-state index is 0.291. The van der Waals surface area contributed by atoms with Gasteiger partial charge in [0.25, 0.3) is 0 Å². The number of carbonyl (C=O) groups is 1. The molecule has 2 atom stereocenters. The van der Waals surface area contributed by atoms with E-state index in [4.69, 9.17) is 5.11 Å². The lowest BCUT2D eigenvalue weighted by molar-refractivity contribution is -0.142. The predicted octanol–water partition coefficient (Wildman–Crippen LogP) is 0.00200. The van der Waals surface area contributed by atoms with Gasteiger partial charge >= 0.3 is 5.97 Å². The quantitative estimate of drug-likeness (QED) is 0.755. The summed E-state index contributed by atoms with van der Waals surface area (Å²) >= 11 is 0. The number of nitrogens with zero attached hydrogens (tertiary/aromatic N) is 3. The van der Waals surface area contributed by atoms with Crippen molar-refractivity contribution in [3.05, 3.63) is 11.6 Å². The molecule has 0 amide bonds. The van der Waals surface area contributed by atoms with E-state index in [1.54, 1.807) is 0 Å². The van der Waals surface area contributed by atoms with Crippen molar-refractivity contribution in [2.45, 2.75) is 31.7 Å². The van der Waals surface area contributed by atoms with Gasteiger partial charge in [0.15, 0.2) is 0 Å². The monoisotopic (exact) mass is 236 g/mol. The van der Waals surface area contributed by atoms with Gasteiger partial charge in [0.2, 0.25) is 0 Å². The highest BCUT2D eigenvalue weighted by molar-refractivity contribution is 5.70. The van der Waals surface area contributed by atoms with Gasteiger partial charge < -0.3 is 15.0 Å². The molecule has 0 bridgehead atoms. The molecule has 2 aliphatic rings. The van der Waals surface area contributed by atoms with E-state index in [-0.39, 0.29) is 5.92 Å². The zero-order valence-electron chi connectivity index (χ0n) is 9.59. The maximum Gasteiger partial charge on any atom is 0.307 e. The van der Waals surface area contributed by atoms with E-state index in [9.17, 15) is 4.79 Å². The first-order valence-corrected chi connectivity index (χ1v) is 6.11. The molecule has 0 aliphatic carbocycles. The zero-order chi connectivity index (χ0) is 11.8. The fourth-order valence-corrected chi connectivity index (χ4v) is 2.74. The van der Waals surface area contributed by atoms with Crippen molar-refractivity contribution in [1.29, 1.82) is 0 Å². The van der Waals surface area contributed by atoms with Crippen molar-refractivity contribution in [3.63, 3.8) is 0 Å². The molecule has 3 heterocycles. The summed E-state index contributed by atoms with van der Waals surface area (Å²) in [5, 5.41) is 20.7. The van der Waals surface area contributed by atoms with Crippen molar-refractivity contribution in [1.82, 2.24) is 20.1 Å². The van der Waals surface area contributed by atoms with E-state index >= 15 is 0 Å². The highest BCUT2D eigenvalue weighted by Gasteiger charge is 2.30. The summed E-state index contributed by atoms with van der Waals surface area (Å²) in [4.78, 5) is 11.0. The van der Waals surface area contributed by atoms with E-state index in [0.717, 1.165) is 37.7 Å². The zero-order valence-corrected chi connectivity index (χ0v) is 9.59. The molecule has 1 aromatic rings. The first kappa shape index (κ1) is 10.7. The van der Waals surface area contributed by atoms with Gasteiger partial charge in [-0.15, -0.1) is 10.2 Å². The molecule has 0 radical (unpaired) electrons. The molecule has 1 fully saturated rings. The normalized spacial score (nSPS) is 28.0. The Balaban J connectivity index is 1.84. The first-order chi connectivity index (χ1) is 8.25. The molecule has 3 rings (SSSR count). The van der Waals surface area contributed by atoms with Crippen LogP contribution in [0.3, 0.4) is 0 Å². The lowest BCUT2D eigenvalue weighted by Crippen LogP contribution is -2.27. The van der Waals surface area contributed by atoms with Crippen LogP contribution < -0.4 is 5.32 Å². The minimum Gasteiger partial charge on any atom is -0.481 e. The Morgan fingerprint density at radius 3 is 3.00 bits per heavy atom. The summed E-state index contributed by atoms with van der Waals surface area (Å²) in [7, 11) is 0. The van der Waals surface area contributed by atoms with Crippen molar-refractivity contribution in [3.8, 4) is 0 Å². The van der Waals surface area contributed by atoms with Crippen LogP contribution in [0.2, 0.25) is 0 Å². The number of hydrogen-bond acceptors (Lipinski definition) is 4. The molecule has 2 N–H and O–H groups in total. The molecular weight excluding hydrogens is 220 g/mol. The lowest BCUT2D eigenvalue weighted by Gasteiger charge is -2.21. The number of carboxylic acid groups (broad SMARTS) is 1. The molecule has 6 heteroatoms.